The van der Waals surface area contributed by atoms with Gasteiger partial charge < -0.3 is 4.90 Å². The number of carbonyl (C=O) groups excluding carboxylic acids is 1. The van der Waals surface area contributed by atoms with Gasteiger partial charge in [0, 0.05) is 30.9 Å². The molecule has 2 aliphatic rings. The van der Waals surface area contributed by atoms with Crippen molar-refractivity contribution in [3.8, 4) is 0 Å². The standard InChI is InChI=1S/C23H23F2N3OS/c1-2-28-22(29)21(30-23(28)26-18-9-7-17(24)8-10-18)14-16-6-11-19(15-20(16)25)27-12-4-3-5-13-27/h6-11,14-15H,2-5,12-13H2,1H3/b21-14+,26-23?. The Kier molecular flexibility index (Phi) is 6.18. The molecule has 0 saturated carbocycles. The van der Waals surface area contributed by atoms with Crippen LogP contribution < -0.4 is 4.90 Å². The fourth-order valence-corrected chi connectivity index (χ4v) is 4.67. The molecule has 1 amide bonds. The van der Waals surface area contributed by atoms with E-state index in [-0.39, 0.29) is 17.5 Å². The zero-order chi connectivity index (χ0) is 21.1. The maximum Gasteiger partial charge on any atom is 0.266 e. The minimum Gasteiger partial charge on any atom is -0.371 e. The summed E-state index contributed by atoms with van der Waals surface area (Å²) in [5, 5.41) is 0.505. The molecule has 0 atom stereocenters. The van der Waals surface area contributed by atoms with Crippen molar-refractivity contribution in [3.05, 3.63) is 64.6 Å². The fraction of sp³-hybridized carbons (Fsp3) is 0.304. The van der Waals surface area contributed by atoms with Crippen LogP contribution in [0.3, 0.4) is 0 Å². The van der Waals surface area contributed by atoms with Gasteiger partial charge in [-0.05, 0) is 86.5 Å². The van der Waals surface area contributed by atoms with Gasteiger partial charge in [-0.1, -0.05) is 0 Å². The number of amides is 1. The predicted octanol–water partition coefficient (Wildman–Crippen LogP) is 5.58. The number of anilines is 1. The van der Waals surface area contributed by atoms with Crippen LogP contribution >= 0.6 is 11.8 Å². The van der Waals surface area contributed by atoms with Crippen molar-refractivity contribution in [1.29, 1.82) is 0 Å². The highest BCUT2D eigenvalue weighted by molar-refractivity contribution is 8.18. The fourth-order valence-electron chi connectivity index (χ4n) is 3.62. The van der Waals surface area contributed by atoms with E-state index in [0.29, 0.717) is 27.9 Å². The number of likely N-dealkylation sites (N-methyl/N-ethyl adjacent to an activating group) is 1. The molecule has 2 aromatic rings. The number of aliphatic imine (C=N–C) groups is 1. The van der Waals surface area contributed by atoms with Gasteiger partial charge in [-0.15, -0.1) is 0 Å². The van der Waals surface area contributed by atoms with E-state index in [0.717, 1.165) is 31.6 Å². The Morgan fingerprint density at radius 3 is 2.47 bits per heavy atom. The van der Waals surface area contributed by atoms with Gasteiger partial charge in [0.05, 0.1) is 10.6 Å². The number of rotatable bonds is 4. The summed E-state index contributed by atoms with van der Waals surface area (Å²) < 4.78 is 27.9. The Balaban J connectivity index is 1.58. The Hall–Kier alpha value is -2.67. The first-order chi connectivity index (χ1) is 14.5. The van der Waals surface area contributed by atoms with E-state index < -0.39 is 0 Å². The van der Waals surface area contributed by atoms with Crippen LogP contribution in [0.25, 0.3) is 6.08 Å². The zero-order valence-electron chi connectivity index (χ0n) is 16.8. The van der Waals surface area contributed by atoms with Crippen molar-refractivity contribution < 1.29 is 13.6 Å². The molecule has 0 N–H and O–H groups in total. The maximum absolute atomic E-state index is 14.8. The molecule has 2 aromatic carbocycles. The Morgan fingerprint density at radius 2 is 1.80 bits per heavy atom. The molecular formula is C23H23F2N3OS. The van der Waals surface area contributed by atoms with Gasteiger partial charge >= 0.3 is 0 Å². The first-order valence-corrected chi connectivity index (χ1v) is 11.0. The first-order valence-electron chi connectivity index (χ1n) is 10.2. The largest absolute Gasteiger partial charge is 0.371 e. The Labute approximate surface area is 179 Å². The summed E-state index contributed by atoms with van der Waals surface area (Å²) in [5.41, 5.74) is 1.82. The van der Waals surface area contributed by atoms with Crippen LogP contribution in [0.4, 0.5) is 20.2 Å². The summed E-state index contributed by atoms with van der Waals surface area (Å²) in [6.07, 6.45) is 5.06. The summed E-state index contributed by atoms with van der Waals surface area (Å²) >= 11 is 1.20. The lowest BCUT2D eigenvalue weighted by molar-refractivity contribution is -0.122. The summed E-state index contributed by atoms with van der Waals surface area (Å²) in [7, 11) is 0. The monoisotopic (exact) mass is 427 g/mol. The highest BCUT2D eigenvalue weighted by Crippen LogP contribution is 2.35. The number of benzene rings is 2. The average Bonchev–Trinajstić information content (AvgIpc) is 3.05. The van der Waals surface area contributed by atoms with Gasteiger partial charge in [0.2, 0.25) is 0 Å². The molecule has 4 rings (SSSR count). The Morgan fingerprint density at radius 1 is 1.07 bits per heavy atom. The predicted molar refractivity (Wildman–Crippen MR) is 119 cm³/mol. The average molecular weight is 428 g/mol. The normalized spacial score (nSPS) is 19.9. The van der Waals surface area contributed by atoms with Crippen molar-refractivity contribution >= 4 is 40.3 Å². The summed E-state index contributed by atoms with van der Waals surface area (Å²) in [5.74, 6) is -0.890. The highest BCUT2D eigenvalue weighted by atomic mass is 32.2. The number of piperidine rings is 1. The molecule has 4 nitrogen and oxygen atoms in total. The van der Waals surface area contributed by atoms with E-state index in [1.807, 2.05) is 13.0 Å². The third-order valence-corrected chi connectivity index (χ3v) is 6.25. The van der Waals surface area contributed by atoms with Crippen molar-refractivity contribution in [3.63, 3.8) is 0 Å². The number of amidine groups is 1. The van der Waals surface area contributed by atoms with Gasteiger partial charge in [-0.25, -0.2) is 13.8 Å². The summed E-state index contributed by atoms with van der Waals surface area (Å²) in [4.78, 5) is 21.4. The van der Waals surface area contributed by atoms with Crippen LogP contribution in [0.5, 0.6) is 0 Å². The number of nitrogens with zero attached hydrogens (tertiary/aromatic N) is 3. The van der Waals surface area contributed by atoms with Crippen LogP contribution in [0.1, 0.15) is 31.7 Å². The molecule has 0 aliphatic carbocycles. The number of halogens is 2. The van der Waals surface area contributed by atoms with E-state index in [1.54, 1.807) is 35.2 Å². The second kappa shape index (κ2) is 9.00. The molecule has 0 aromatic heterocycles. The molecule has 30 heavy (non-hydrogen) atoms. The number of hydrogen-bond acceptors (Lipinski definition) is 4. The van der Waals surface area contributed by atoms with Crippen LogP contribution in [0.2, 0.25) is 0 Å². The molecule has 0 bridgehead atoms. The highest BCUT2D eigenvalue weighted by Gasteiger charge is 2.32. The summed E-state index contributed by atoms with van der Waals surface area (Å²) in [6.45, 7) is 4.20. The Bertz CT molecular complexity index is 998. The minimum atomic E-state index is -0.342. The quantitative estimate of drug-likeness (QED) is 0.598. The number of thioether (sulfide) groups is 1. The van der Waals surface area contributed by atoms with Gasteiger partial charge in [-0.2, -0.15) is 0 Å². The van der Waals surface area contributed by atoms with E-state index >= 15 is 0 Å². The number of hydrogen-bond donors (Lipinski definition) is 0. The van der Waals surface area contributed by atoms with Crippen molar-refractivity contribution in [2.45, 2.75) is 26.2 Å². The molecule has 2 heterocycles. The molecular weight excluding hydrogens is 404 g/mol. The second-order valence-corrected chi connectivity index (χ2v) is 8.29. The number of carbonyl (C=O) groups is 1. The molecule has 156 valence electrons. The third-order valence-electron chi connectivity index (χ3n) is 5.25. The van der Waals surface area contributed by atoms with Gasteiger partial charge in [0.25, 0.3) is 5.91 Å². The van der Waals surface area contributed by atoms with E-state index in [4.69, 9.17) is 0 Å². The zero-order valence-corrected chi connectivity index (χ0v) is 17.6. The van der Waals surface area contributed by atoms with E-state index in [9.17, 15) is 13.6 Å². The third kappa shape index (κ3) is 4.41. The van der Waals surface area contributed by atoms with E-state index in [1.165, 1.54) is 30.3 Å². The van der Waals surface area contributed by atoms with Crippen LogP contribution in [-0.2, 0) is 4.79 Å². The molecule has 0 radical (unpaired) electrons. The molecule has 2 aliphatic heterocycles. The van der Waals surface area contributed by atoms with Crippen LogP contribution in [0, 0.1) is 11.6 Å². The molecule has 2 fully saturated rings. The SMILES string of the molecule is CCN1C(=O)/C(=C\c2ccc(N3CCCCC3)cc2F)SC1=Nc1ccc(F)cc1. The van der Waals surface area contributed by atoms with Crippen molar-refractivity contribution in [2.75, 3.05) is 24.5 Å². The first kappa shape index (κ1) is 20.6. The van der Waals surface area contributed by atoms with Crippen LogP contribution in [0.15, 0.2) is 52.4 Å². The maximum atomic E-state index is 14.8. The molecule has 7 heteroatoms. The molecule has 2 saturated heterocycles. The minimum absolute atomic E-state index is 0.206. The summed E-state index contributed by atoms with van der Waals surface area (Å²) in [6, 6.07) is 11.0. The van der Waals surface area contributed by atoms with Crippen LogP contribution in [-0.4, -0.2) is 35.6 Å². The lowest BCUT2D eigenvalue weighted by atomic mass is 10.1. The van der Waals surface area contributed by atoms with E-state index in [2.05, 4.69) is 9.89 Å². The smallest absolute Gasteiger partial charge is 0.266 e. The molecule has 0 unspecified atom stereocenters. The van der Waals surface area contributed by atoms with Gasteiger partial charge in [-0.3, -0.25) is 9.69 Å². The van der Waals surface area contributed by atoms with Crippen molar-refractivity contribution in [2.24, 2.45) is 4.99 Å². The topological polar surface area (TPSA) is 35.9 Å². The molecule has 0 spiro atoms. The van der Waals surface area contributed by atoms with Gasteiger partial charge in [0.15, 0.2) is 5.17 Å². The second-order valence-electron chi connectivity index (χ2n) is 7.28. The van der Waals surface area contributed by atoms with Crippen molar-refractivity contribution in [1.82, 2.24) is 4.90 Å². The van der Waals surface area contributed by atoms with Gasteiger partial charge in [0.1, 0.15) is 11.6 Å². The lowest BCUT2D eigenvalue weighted by Crippen LogP contribution is -2.29. The lowest BCUT2D eigenvalue weighted by Gasteiger charge is -2.28.